The minimum atomic E-state index is -0.711. The molecule has 68 heavy (non-hydrogen) atoms. The molecule has 380 valence electrons. The van der Waals surface area contributed by atoms with Crippen LogP contribution in [0.1, 0.15) is 213 Å². The minimum absolute atomic E-state index is 0.0104. The third kappa shape index (κ3) is 6.40. The lowest BCUT2D eigenvalue weighted by Crippen LogP contribution is -2.67. The van der Waals surface area contributed by atoms with Crippen molar-refractivity contribution in [1.82, 2.24) is 0 Å². The van der Waals surface area contributed by atoms with E-state index in [2.05, 4.69) is 96.1 Å². The third-order valence-electron chi connectivity index (χ3n) is 26.4. The van der Waals surface area contributed by atoms with E-state index in [-0.39, 0.29) is 102 Å². The van der Waals surface area contributed by atoms with E-state index in [1.807, 2.05) is 13.0 Å². The molecule has 0 radical (unpaired) electrons. The zero-order chi connectivity index (χ0) is 50.2. The van der Waals surface area contributed by atoms with Crippen LogP contribution in [0.25, 0.3) is 0 Å². The number of carboxylic acid groups (broad SMARTS) is 1. The van der Waals surface area contributed by atoms with Gasteiger partial charge < -0.3 is 21.7 Å². The first-order valence-corrected chi connectivity index (χ1v) is 27.6. The number of allylic oxidation sites excluding steroid dienone is 4. The lowest BCUT2D eigenvalue weighted by molar-refractivity contribution is -0.202. The van der Waals surface area contributed by atoms with Gasteiger partial charge in [0.1, 0.15) is 0 Å². The molecule has 8 heteroatoms. The van der Waals surface area contributed by atoms with E-state index in [9.17, 15) is 29.4 Å². The Hall–Kier alpha value is -2.32. The first-order valence-electron chi connectivity index (χ1n) is 27.6. The molecule has 1 unspecified atom stereocenters. The molecule has 10 aliphatic rings. The van der Waals surface area contributed by atoms with Gasteiger partial charge in [-0.05, 0) is 212 Å². The molecule has 10 aliphatic carbocycles. The van der Waals surface area contributed by atoms with Crippen LogP contribution in [0.4, 0.5) is 0 Å². The Kier molecular flexibility index (Phi) is 11.3. The second-order valence-corrected chi connectivity index (χ2v) is 30.0. The zero-order valence-corrected chi connectivity index (χ0v) is 45.2. The summed E-state index contributed by atoms with van der Waals surface area (Å²) in [6.07, 6.45) is 21.3. The van der Waals surface area contributed by atoms with Crippen molar-refractivity contribution in [3.8, 4) is 0 Å². The van der Waals surface area contributed by atoms with Crippen molar-refractivity contribution in [1.29, 1.82) is 0 Å². The van der Waals surface area contributed by atoms with E-state index in [1.165, 1.54) is 17.6 Å². The summed E-state index contributed by atoms with van der Waals surface area (Å²) in [6.45, 7) is 32.3. The number of rotatable bonds is 2. The number of hydrogen-bond donors (Lipinski definition) is 4. The lowest BCUT2D eigenvalue weighted by atomic mass is 9.33. The third-order valence-corrected chi connectivity index (χ3v) is 26.4. The molecule has 8 nitrogen and oxygen atoms in total. The van der Waals surface area contributed by atoms with Gasteiger partial charge in [-0.25, -0.2) is 0 Å². The average Bonchev–Trinajstić information content (AvgIpc) is 3.24. The highest BCUT2D eigenvalue weighted by Gasteiger charge is 2.72. The van der Waals surface area contributed by atoms with E-state index < -0.39 is 16.8 Å². The fourth-order valence-electron chi connectivity index (χ4n) is 20.8. The van der Waals surface area contributed by atoms with E-state index in [4.69, 9.17) is 11.5 Å². The van der Waals surface area contributed by atoms with E-state index in [0.717, 1.165) is 103 Å². The summed E-state index contributed by atoms with van der Waals surface area (Å²) in [5.74, 6) is 1.03. The number of carboxylic acids is 1. The predicted molar refractivity (Wildman–Crippen MR) is 270 cm³/mol. The van der Waals surface area contributed by atoms with E-state index >= 15 is 0 Å². The summed E-state index contributed by atoms with van der Waals surface area (Å²) in [7, 11) is 0. The Labute approximate surface area is 411 Å². The monoisotopic (exact) mass is 939 g/mol. The summed E-state index contributed by atoms with van der Waals surface area (Å²) in [6, 6.07) is 0.208. The van der Waals surface area contributed by atoms with Crippen molar-refractivity contribution in [3.05, 3.63) is 23.3 Å². The Bertz CT molecular complexity index is 2090. The summed E-state index contributed by atoms with van der Waals surface area (Å²) < 4.78 is 0. The zero-order valence-electron chi connectivity index (χ0n) is 45.2. The number of hydrogen-bond acceptors (Lipinski definition) is 6. The molecule has 8 fully saturated rings. The van der Waals surface area contributed by atoms with Crippen molar-refractivity contribution in [2.75, 3.05) is 0 Å². The lowest BCUT2D eigenvalue weighted by Gasteiger charge is -2.70. The Morgan fingerprint density at radius 1 is 0.529 bits per heavy atom. The van der Waals surface area contributed by atoms with Gasteiger partial charge in [0, 0.05) is 23.3 Å². The van der Waals surface area contributed by atoms with Crippen LogP contribution in [0.15, 0.2) is 23.3 Å². The molecule has 0 aliphatic heterocycles. The van der Waals surface area contributed by atoms with Gasteiger partial charge in [-0.15, -0.1) is 0 Å². The number of fused-ring (bicyclic) bond motifs is 14. The van der Waals surface area contributed by atoms with E-state index in [1.54, 1.807) is 0 Å². The first-order chi connectivity index (χ1) is 31.1. The van der Waals surface area contributed by atoms with Crippen molar-refractivity contribution in [3.63, 3.8) is 0 Å². The molecule has 0 spiro atoms. The highest BCUT2D eigenvalue weighted by molar-refractivity contribution is 5.96. The maximum absolute atomic E-state index is 14.3. The first kappa shape index (κ1) is 50.6. The molecule has 6 N–H and O–H groups in total. The topological polar surface area (TPSA) is 161 Å². The van der Waals surface area contributed by atoms with Gasteiger partial charge in [-0.2, -0.15) is 0 Å². The SMILES string of the molecule is CC1(C)C(N)CC[C@]2(C)[C@H]3C(=O)C=C4[C@H]5C[C@@](C)(C(N)=O)CC[C@]5(C)CC[C@@]4(C)[C@]3(C)CC[C@@H]12.CC1(C)[C@@H](O)CC[C@]2(C)[C@H]3C(=O)C=C4[C@H]5C[C@@](C)(C(=O)O)CC[C@]5(C)CC[C@@]4(C)[C@]3(C)CC[C@@H]12. The smallest absolute Gasteiger partial charge is 0.309 e. The molecular weight excluding hydrogens is 845 g/mol. The summed E-state index contributed by atoms with van der Waals surface area (Å²) in [5, 5.41) is 20.9. The quantitative estimate of drug-likeness (QED) is 0.214. The molecule has 8 saturated carbocycles. The highest BCUT2D eigenvalue weighted by atomic mass is 16.4. The molecule has 0 saturated heterocycles. The summed E-state index contributed by atoms with van der Waals surface area (Å²) in [5.41, 5.74) is 13.7. The van der Waals surface area contributed by atoms with Crippen molar-refractivity contribution in [2.45, 2.75) is 225 Å². The highest BCUT2D eigenvalue weighted by Crippen LogP contribution is 2.77. The van der Waals surface area contributed by atoms with Gasteiger partial charge in [0.25, 0.3) is 0 Å². The number of amides is 1. The number of aliphatic hydroxyl groups excluding tert-OH is 1. The number of ketones is 2. The van der Waals surface area contributed by atoms with Gasteiger partial charge in [-0.1, -0.05) is 101 Å². The Morgan fingerprint density at radius 3 is 1.37 bits per heavy atom. The fraction of sp³-hybridized carbons (Fsp3) is 0.867. The van der Waals surface area contributed by atoms with Gasteiger partial charge in [0.2, 0.25) is 5.91 Å². The molecule has 1 amide bonds. The van der Waals surface area contributed by atoms with Crippen LogP contribution in [0.3, 0.4) is 0 Å². The molecule has 18 atom stereocenters. The Morgan fingerprint density at radius 2 is 0.926 bits per heavy atom. The van der Waals surface area contributed by atoms with Crippen molar-refractivity contribution >= 4 is 23.4 Å². The maximum Gasteiger partial charge on any atom is 0.309 e. The fourth-order valence-corrected chi connectivity index (χ4v) is 20.8. The van der Waals surface area contributed by atoms with Crippen LogP contribution >= 0.6 is 0 Å². The molecule has 10 rings (SSSR count). The van der Waals surface area contributed by atoms with Gasteiger partial charge in [0.05, 0.1) is 11.5 Å². The molecule has 0 aromatic carbocycles. The number of nitrogens with two attached hydrogens (primary N) is 2. The van der Waals surface area contributed by atoms with Crippen LogP contribution in [0.2, 0.25) is 0 Å². The minimum Gasteiger partial charge on any atom is -0.481 e. The number of carbonyl (C=O) groups is 4. The molecular formula is C60H94N2O6. The standard InChI is InChI=1S/C30H48N2O2.C30H46O4/c1-25(2)21-8-11-30(7)23(28(21,5)10-9-22(25)31)20(33)16-18-19-17-27(4,24(32)34)13-12-26(19,3)14-15-29(18,30)6;1-25(2)21-8-11-30(7)23(28(21,5)10-9-22(25)32)20(31)16-18-19-17-27(4,24(33)34)13-12-26(19,3)14-15-29(18,30)6/h16,19,21-23H,8-15,17,31H2,1-7H3,(H2,32,34);16,19,21-23,32H,8-15,17H2,1-7H3,(H,33,34)/t19-,21+,22?,23-,26-,27+,28+,29-,30-;19-,21+,22+,23-,26-,27+,28+,29-,30-/m11/s1. The largest absolute Gasteiger partial charge is 0.481 e. The maximum atomic E-state index is 14.3. The second-order valence-electron chi connectivity index (χ2n) is 30.0. The van der Waals surface area contributed by atoms with Crippen molar-refractivity contribution < 1.29 is 29.4 Å². The van der Waals surface area contributed by atoms with Crippen molar-refractivity contribution in [2.24, 2.45) is 112 Å². The molecule has 0 heterocycles. The van der Waals surface area contributed by atoms with Gasteiger partial charge in [-0.3, -0.25) is 19.2 Å². The number of aliphatic hydroxyl groups is 1. The number of carbonyl (C=O) groups excluding carboxylic acids is 3. The van der Waals surface area contributed by atoms with Crippen LogP contribution in [-0.2, 0) is 19.2 Å². The normalized spacial score (nSPS) is 54.1. The number of aliphatic carboxylic acids is 1. The molecule has 0 aromatic rings. The Balaban J connectivity index is 0.000000170. The summed E-state index contributed by atoms with van der Waals surface area (Å²) >= 11 is 0. The summed E-state index contributed by atoms with van der Waals surface area (Å²) in [4.78, 5) is 53.2. The number of primary amides is 1. The van der Waals surface area contributed by atoms with Gasteiger partial charge in [0.15, 0.2) is 11.6 Å². The van der Waals surface area contributed by atoms with Crippen LogP contribution in [0.5, 0.6) is 0 Å². The van der Waals surface area contributed by atoms with E-state index in [0.29, 0.717) is 24.0 Å². The molecule has 0 aromatic heterocycles. The van der Waals surface area contributed by atoms with Crippen LogP contribution in [0, 0.1) is 100 Å². The molecule has 0 bridgehead atoms. The van der Waals surface area contributed by atoms with Crippen LogP contribution in [-0.4, -0.2) is 45.8 Å². The van der Waals surface area contributed by atoms with Gasteiger partial charge >= 0.3 is 5.97 Å². The van der Waals surface area contributed by atoms with Crippen LogP contribution < -0.4 is 11.5 Å². The average molecular weight is 939 g/mol. The predicted octanol–water partition coefficient (Wildman–Crippen LogP) is 12.2. The second kappa shape index (κ2) is 15.1.